The van der Waals surface area contributed by atoms with Crippen LogP contribution in [-0.4, -0.2) is 25.0 Å². The number of para-hydroxylation sites is 1. The molecule has 2 aromatic carbocycles. The number of hydrogen-bond donors (Lipinski definition) is 2. The van der Waals surface area contributed by atoms with E-state index >= 15 is 0 Å². The van der Waals surface area contributed by atoms with Crippen molar-refractivity contribution < 1.29 is 23.5 Å². The summed E-state index contributed by atoms with van der Waals surface area (Å²) in [6.07, 6.45) is 0. The van der Waals surface area contributed by atoms with Crippen LogP contribution in [0.15, 0.2) is 30.3 Å². The summed E-state index contributed by atoms with van der Waals surface area (Å²) in [4.78, 5) is 23.8. The molecule has 0 atom stereocenters. The van der Waals surface area contributed by atoms with Gasteiger partial charge < -0.3 is 20.5 Å². The van der Waals surface area contributed by atoms with E-state index in [1.54, 1.807) is 18.2 Å². The van der Waals surface area contributed by atoms with E-state index in [9.17, 15) is 14.0 Å². The van der Waals surface area contributed by atoms with E-state index in [0.29, 0.717) is 24.7 Å². The molecular weight excluding hydrogens is 315 g/mol. The minimum absolute atomic E-state index is 0.0249. The molecule has 0 radical (unpaired) electrons. The van der Waals surface area contributed by atoms with E-state index in [2.05, 4.69) is 5.32 Å². The van der Waals surface area contributed by atoms with Crippen LogP contribution >= 0.6 is 0 Å². The first kappa shape index (κ1) is 15.8. The Morgan fingerprint density at radius 2 is 1.96 bits per heavy atom. The molecule has 0 spiro atoms. The number of carbonyl (C=O) groups excluding carboxylic acids is 2. The second-order valence-corrected chi connectivity index (χ2v) is 5.28. The van der Waals surface area contributed by atoms with Crippen LogP contribution in [0.2, 0.25) is 0 Å². The summed E-state index contributed by atoms with van der Waals surface area (Å²) < 4.78 is 24.8. The summed E-state index contributed by atoms with van der Waals surface area (Å²) in [6, 6.07) is 7.31. The number of primary amides is 1. The molecule has 0 unspecified atom stereocenters. The van der Waals surface area contributed by atoms with Crippen molar-refractivity contribution in [1.82, 2.24) is 0 Å². The summed E-state index contributed by atoms with van der Waals surface area (Å²) in [5.41, 5.74) is 5.79. The molecule has 1 aliphatic heterocycles. The van der Waals surface area contributed by atoms with Crippen LogP contribution in [0, 0.1) is 12.7 Å². The van der Waals surface area contributed by atoms with Crippen LogP contribution in [0.3, 0.4) is 0 Å². The quantitative estimate of drug-likeness (QED) is 0.903. The van der Waals surface area contributed by atoms with E-state index in [0.717, 1.165) is 6.07 Å². The monoisotopic (exact) mass is 330 g/mol. The first-order valence-corrected chi connectivity index (χ1v) is 7.27. The van der Waals surface area contributed by atoms with Gasteiger partial charge in [-0.05, 0) is 31.2 Å². The molecule has 2 amide bonds. The van der Waals surface area contributed by atoms with E-state index in [4.69, 9.17) is 15.2 Å². The lowest BCUT2D eigenvalue weighted by Gasteiger charge is -2.20. The average Bonchev–Trinajstić information content (AvgIpc) is 2.58. The highest BCUT2D eigenvalue weighted by atomic mass is 19.1. The van der Waals surface area contributed by atoms with Gasteiger partial charge in [-0.2, -0.15) is 0 Å². The molecule has 0 aromatic heterocycles. The summed E-state index contributed by atoms with van der Waals surface area (Å²) in [5.74, 6) is -1.09. The summed E-state index contributed by atoms with van der Waals surface area (Å²) >= 11 is 0. The van der Waals surface area contributed by atoms with Crippen LogP contribution in [0.5, 0.6) is 11.5 Å². The summed E-state index contributed by atoms with van der Waals surface area (Å²) in [6.45, 7) is 2.24. The molecule has 0 bridgehead atoms. The fourth-order valence-corrected chi connectivity index (χ4v) is 2.39. The SMILES string of the molecule is Cc1c(F)cc(C(N)=O)cc1NC(=O)c1cccc2c1OCCO2. The third-order valence-corrected chi connectivity index (χ3v) is 3.69. The second kappa shape index (κ2) is 6.19. The highest BCUT2D eigenvalue weighted by Crippen LogP contribution is 2.34. The van der Waals surface area contributed by atoms with Gasteiger partial charge in [-0.3, -0.25) is 9.59 Å². The fourth-order valence-electron chi connectivity index (χ4n) is 2.39. The van der Waals surface area contributed by atoms with E-state index < -0.39 is 17.6 Å². The zero-order valence-corrected chi connectivity index (χ0v) is 12.9. The Morgan fingerprint density at radius 3 is 2.71 bits per heavy atom. The molecule has 24 heavy (non-hydrogen) atoms. The Balaban J connectivity index is 1.95. The van der Waals surface area contributed by atoms with Gasteiger partial charge in [0.05, 0.1) is 5.56 Å². The van der Waals surface area contributed by atoms with Crippen molar-refractivity contribution in [3.05, 3.63) is 52.8 Å². The molecule has 7 heteroatoms. The van der Waals surface area contributed by atoms with Gasteiger partial charge in [-0.15, -0.1) is 0 Å². The minimum Gasteiger partial charge on any atom is -0.486 e. The standard InChI is InChI=1S/C17H15FN2O4/c1-9-12(18)7-10(16(19)21)8-13(9)20-17(22)11-3-2-4-14-15(11)24-6-5-23-14/h2-4,7-8H,5-6H2,1H3,(H2,19,21)(H,20,22). The van der Waals surface area contributed by atoms with Gasteiger partial charge in [0.1, 0.15) is 19.0 Å². The molecule has 0 aliphatic carbocycles. The van der Waals surface area contributed by atoms with Gasteiger partial charge in [-0.25, -0.2) is 4.39 Å². The van der Waals surface area contributed by atoms with Crippen molar-refractivity contribution in [2.45, 2.75) is 6.92 Å². The van der Waals surface area contributed by atoms with Gasteiger partial charge in [0.15, 0.2) is 11.5 Å². The molecule has 1 aliphatic rings. The molecule has 3 rings (SSSR count). The number of benzene rings is 2. The van der Waals surface area contributed by atoms with Gasteiger partial charge >= 0.3 is 0 Å². The number of nitrogens with two attached hydrogens (primary N) is 1. The Kier molecular flexibility index (Phi) is 4.07. The molecule has 2 aromatic rings. The topological polar surface area (TPSA) is 90.7 Å². The highest BCUT2D eigenvalue weighted by molar-refractivity contribution is 6.07. The van der Waals surface area contributed by atoms with Crippen molar-refractivity contribution in [3.8, 4) is 11.5 Å². The number of anilines is 1. The maximum atomic E-state index is 13.9. The average molecular weight is 330 g/mol. The molecular formula is C17H15FN2O4. The van der Waals surface area contributed by atoms with Crippen LogP contribution < -0.4 is 20.5 Å². The van der Waals surface area contributed by atoms with Gasteiger partial charge in [0.25, 0.3) is 5.91 Å². The lowest BCUT2D eigenvalue weighted by atomic mass is 10.1. The van der Waals surface area contributed by atoms with Crippen molar-refractivity contribution in [1.29, 1.82) is 0 Å². The molecule has 0 fully saturated rings. The number of ether oxygens (including phenoxy) is 2. The normalized spacial score (nSPS) is 12.6. The van der Waals surface area contributed by atoms with Gasteiger partial charge in [0.2, 0.25) is 5.91 Å². The minimum atomic E-state index is -0.779. The Labute approximate surface area is 137 Å². The van der Waals surface area contributed by atoms with Crippen LogP contribution in [-0.2, 0) is 0 Å². The Hall–Kier alpha value is -3.09. The number of fused-ring (bicyclic) bond motifs is 1. The van der Waals surface area contributed by atoms with Crippen LogP contribution in [0.1, 0.15) is 26.3 Å². The third kappa shape index (κ3) is 2.88. The zero-order chi connectivity index (χ0) is 17.3. The van der Waals surface area contributed by atoms with E-state index in [-0.39, 0.29) is 22.4 Å². The second-order valence-electron chi connectivity index (χ2n) is 5.28. The third-order valence-electron chi connectivity index (χ3n) is 3.69. The molecule has 1 heterocycles. The maximum absolute atomic E-state index is 13.9. The van der Waals surface area contributed by atoms with Gasteiger partial charge in [-0.1, -0.05) is 6.07 Å². The summed E-state index contributed by atoms with van der Waals surface area (Å²) in [7, 11) is 0. The lowest BCUT2D eigenvalue weighted by Crippen LogP contribution is -2.21. The maximum Gasteiger partial charge on any atom is 0.259 e. The number of nitrogens with one attached hydrogen (secondary N) is 1. The predicted molar refractivity (Wildman–Crippen MR) is 85.0 cm³/mol. The lowest BCUT2D eigenvalue weighted by molar-refractivity contribution is 0.0993. The molecule has 0 saturated heterocycles. The van der Waals surface area contributed by atoms with Crippen molar-refractivity contribution in [2.24, 2.45) is 5.73 Å². The first-order chi connectivity index (χ1) is 11.5. The predicted octanol–water partition coefficient (Wildman–Crippen LogP) is 2.26. The van der Waals surface area contributed by atoms with E-state index in [1.807, 2.05) is 0 Å². The molecule has 6 nitrogen and oxygen atoms in total. The number of hydrogen-bond acceptors (Lipinski definition) is 4. The van der Waals surface area contributed by atoms with Crippen LogP contribution in [0.4, 0.5) is 10.1 Å². The van der Waals surface area contributed by atoms with Crippen molar-refractivity contribution in [3.63, 3.8) is 0 Å². The molecule has 0 saturated carbocycles. The largest absolute Gasteiger partial charge is 0.486 e. The number of rotatable bonds is 3. The first-order valence-electron chi connectivity index (χ1n) is 7.27. The van der Waals surface area contributed by atoms with Gasteiger partial charge in [0, 0.05) is 16.8 Å². The fraction of sp³-hybridized carbons (Fsp3) is 0.176. The van der Waals surface area contributed by atoms with Crippen molar-refractivity contribution in [2.75, 3.05) is 18.5 Å². The Morgan fingerprint density at radius 1 is 1.21 bits per heavy atom. The number of carbonyl (C=O) groups is 2. The number of amides is 2. The van der Waals surface area contributed by atoms with E-state index in [1.165, 1.54) is 13.0 Å². The van der Waals surface area contributed by atoms with Crippen LogP contribution in [0.25, 0.3) is 0 Å². The highest BCUT2D eigenvalue weighted by Gasteiger charge is 2.21. The smallest absolute Gasteiger partial charge is 0.259 e. The zero-order valence-electron chi connectivity index (χ0n) is 12.9. The summed E-state index contributed by atoms with van der Waals surface area (Å²) in [5, 5.41) is 2.59. The molecule has 3 N–H and O–H groups in total. The Bertz CT molecular complexity index is 836. The van der Waals surface area contributed by atoms with Crippen molar-refractivity contribution >= 4 is 17.5 Å². The number of halogens is 1. The molecule has 124 valence electrons.